The molecule has 4 rings (SSSR count). The number of rotatable bonds is 4. The molecule has 1 amide bonds. The van der Waals surface area contributed by atoms with E-state index in [1.165, 1.54) is 43.5 Å². The van der Waals surface area contributed by atoms with Crippen LogP contribution in [0.15, 0.2) is 53.3 Å². The summed E-state index contributed by atoms with van der Waals surface area (Å²) in [6, 6.07) is 10.3. The zero-order valence-corrected chi connectivity index (χ0v) is 17.0. The first kappa shape index (κ1) is 21.4. The number of ether oxygens (including phenoxy) is 1. The number of nitrogens with one attached hydrogen (secondary N) is 2. The highest BCUT2D eigenvalue weighted by atomic mass is 35.5. The number of alkyl halides is 3. The van der Waals surface area contributed by atoms with Crippen molar-refractivity contribution in [3.05, 3.63) is 75.2 Å². The third-order valence-electron chi connectivity index (χ3n) is 4.65. The third kappa shape index (κ3) is 4.02. The van der Waals surface area contributed by atoms with E-state index in [4.69, 9.17) is 16.3 Å². The minimum absolute atomic E-state index is 0.138. The molecule has 0 aliphatic heterocycles. The predicted molar refractivity (Wildman–Crippen MR) is 110 cm³/mol. The topological polar surface area (TPSA) is 102 Å². The van der Waals surface area contributed by atoms with E-state index >= 15 is 0 Å². The van der Waals surface area contributed by atoms with Crippen molar-refractivity contribution in [1.82, 2.24) is 20.2 Å². The summed E-state index contributed by atoms with van der Waals surface area (Å²) in [6.45, 7) is 0. The second-order valence-corrected chi connectivity index (χ2v) is 7.06. The lowest BCUT2D eigenvalue weighted by molar-refractivity contribution is -0.137. The molecule has 0 aliphatic rings. The average Bonchev–Trinajstić information content (AvgIpc) is 3.18. The molecule has 3 aromatic carbocycles. The number of amides is 1. The molecule has 0 radical (unpaired) electrons. The van der Waals surface area contributed by atoms with Crippen LogP contribution in [0.1, 0.15) is 15.9 Å². The molecule has 0 aliphatic carbocycles. The number of halogens is 4. The molecule has 1 heterocycles. The van der Waals surface area contributed by atoms with Crippen molar-refractivity contribution in [2.45, 2.75) is 6.18 Å². The molecule has 8 nitrogen and oxygen atoms in total. The monoisotopic (exact) mass is 463 g/mol. The van der Waals surface area contributed by atoms with E-state index in [0.29, 0.717) is 10.8 Å². The average molecular weight is 464 g/mol. The van der Waals surface area contributed by atoms with E-state index in [1.807, 2.05) is 0 Å². The fraction of sp³-hybridized carbons (Fsp3) is 0.100. The minimum atomic E-state index is -4.46. The maximum absolute atomic E-state index is 12.9. The Morgan fingerprint density at radius 2 is 1.84 bits per heavy atom. The van der Waals surface area contributed by atoms with Gasteiger partial charge in [0.1, 0.15) is 5.75 Å². The van der Waals surface area contributed by atoms with Gasteiger partial charge in [-0.3, -0.25) is 4.79 Å². The first-order valence-corrected chi connectivity index (χ1v) is 9.36. The second kappa shape index (κ2) is 8.00. The molecule has 164 valence electrons. The van der Waals surface area contributed by atoms with Gasteiger partial charge in [0, 0.05) is 11.6 Å². The maximum Gasteiger partial charge on any atom is 0.416 e. The summed E-state index contributed by atoms with van der Waals surface area (Å²) < 4.78 is 44.8. The highest BCUT2D eigenvalue weighted by Gasteiger charge is 2.30. The molecule has 0 fully saturated rings. The van der Waals surface area contributed by atoms with Crippen LogP contribution in [0.25, 0.3) is 16.5 Å². The van der Waals surface area contributed by atoms with Gasteiger partial charge in [-0.05, 0) is 51.5 Å². The van der Waals surface area contributed by atoms with Crippen molar-refractivity contribution in [3.8, 4) is 11.4 Å². The SMILES string of the molecule is COc1cc(NC(=O)c2ccc3cc(C(F)(F)F)ccc3c2)c(-n2nn[nH]c2=O)cc1Cl. The fourth-order valence-corrected chi connectivity index (χ4v) is 3.32. The maximum atomic E-state index is 12.9. The number of aromatic nitrogens is 4. The first-order valence-electron chi connectivity index (χ1n) is 8.98. The van der Waals surface area contributed by atoms with Gasteiger partial charge in [0.05, 0.1) is 29.1 Å². The number of carbonyl (C=O) groups excluding carboxylic acids is 1. The zero-order valence-electron chi connectivity index (χ0n) is 16.2. The van der Waals surface area contributed by atoms with Crippen molar-refractivity contribution < 1.29 is 22.7 Å². The van der Waals surface area contributed by atoms with E-state index in [-0.39, 0.29) is 27.7 Å². The molecule has 1 aromatic heterocycles. The van der Waals surface area contributed by atoms with E-state index in [1.54, 1.807) is 0 Å². The van der Waals surface area contributed by atoms with Crippen LogP contribution in [0, 0.1) is 0 Å². The molecule has 0 bridgehead atoms. The molecule has 2 N–H and O–H groups in total. The molecular formula is C20H13ClF3N5O3. The smallest absolute Gasteiger partial charge is 0.416 e. The predicted octanol–water partition coefficient (Wildman–Crippen LogP) is 4.04. The summed E-state index contributed by atoms with van der Waals surface area (Å²) in [5.74, 6) is -0.339. The number of H-pyrrole nitrogens is 1. The molecular weight excluding hydrogens is 451 g/mol. The number of aromatic amines is 1. The summed E-state index contributed by atoms with van der Waals surface area (Å²) >= 11 is 6.14. The van der Waals surface area contributed by atoms with Gasteiger partial charge in [0.15, 0.2) is 0 Å². The Kier molecular flexibility index (Phi) is 5.35. The van der Waals surface area contributed by atoms with Gasteiger partial charge < -0.3 is 10.1 Å². The lowest BCUT2D eigenvalue weighted by atomic mass is 10.0. The van der Waals surface area contributed by atoms with Gasteiger partial charge >= 0.3 is 11.9 Å². The van der Waals surface area contributed by atoms with Crippen molar-refractivity contribution in [2.24, 2.45) is 0 Å². The van der Waals surface area contributed by atoms with Crippen molar-refractivity contribution in [2.75, 3.05) is 12.4 Å². The van der Waals surface area contributed by atoms with Gasteiger partial charge in [-0.15, -0.1) is 0 Å². The third-order valence-corrected chi connectivity index (χ3v) is 4.94. The van der Waals surface area contributed by atoms with Crippen LogP contribution in [0.5, 0.6) is 5.75 Å². The molecule has 32 heavy (non-hydrogen) atoms. The summed E-state index contributed by atoms with van der Waals surface area (Å²) in [6.07, 6.45) is -4.46. The second-order valence-electron chi connectivity index (χ2n) is 6.65. The van der Waals surface area contributed by atoms with Crippen molar-refractivity contribution >= 4 is 34.0 Å². The normalized spacial score (nSPS) is 11.5. The lowest BCUT2D eigenvalue weighted by Crippen LogP contribution is -2.20. The highest BCUT2D eigenvalue weighted by molar-refractivity contribution is 6.32. The van der Waals surface area contributed by atoms with Crippen molar-refractivity contribution in [3.63, 3.8) is 0 Å². The Hall–Kier alpha value is -3.86. The summed E-state index contributed by atoms with van der Waals surface area (Å²) in [4.78, 5) is 24.8. The summed E-state index contributed by atoms with van der Waals surface area (Å²) in [5.41, 5.74) is -0.964. The van der Waals surface area contributed by atoms with Gasteiger partial charge in [-0.25, -0.2) is 9.89 Å². The summed E-state index contributed by atoms with van der Waals surface area (Å²) in [5, 5.41) is 12.8. The Bertz CT molecular complexity index is 1400. The van der Waals surface area contributed by atoms with E-state index in [2.05, 4.69) is 20.8 Å². The Morgan fingerprint density at radius 1 is 1.12 bits per heavy atom. The number of fused-ring (bicyclic) bond motifs is 1. The van der Waals surface area contributed by atoms with Crippen LogP contribution in [0.3, 0.4) is 0 Å². The number of methoxy groups -OCH3 is 1. The van der Waals surface area contributed by atoms with Crippen LogP contribution >= 0.6 is 11.6 Å². The molecule has 0 unspecified atom stereocenters. The van der Waals surface area contributed by atoms with Crippen LogP contribution < -0.4 is 15.7 Å². The number of nitrogens with zero attached hydrogens (tertiary/aromatic N) is 3. The quantitative estimate of drug-likeness (QED) is 0.475. The van der Waals surface area contributed by atoms with Crippen LogP contribution in [0.4, 0.5) is 18.9 Å². The fourth-order valence-electron chi connectivity index (χ4n) is 3.09. The number of anilines is 1. The lowest BCUT2D eigenvalue weighted by Gasteiger charge is -2.14. The largest absolute Gasteiger partial charge is 0.495 e. The molecule has 12 heteroatoms. The zero-order chi connectivity index (χ0) is 23.0. The van der Waals surface area contributed by atoms with E-state index in [9.17, 15) is 22.8 Å². The van der Waals surface area contributed by atoms with E-state index in [0.717, 1.165) is 16.8 Å². The first-order chi connectivity index (χ1) is 15.2. The molecule has 0 saturated heterocycles. The van der Waals surface area contributed by atoms with Crippen LogP contribution in [-0.4, -0.2) is 33.2 Å². The molecule has 0 spiro atoms. The van der Waals surface area contributed by atoms with Crippen LogP contribution in [0.2, 0.25) is 5.02 Å². The minimum Gasteiger partial charge on any atom is -0.495 e. The number of hydrogen-bond donors (Lipinski definition) is 2. The van der Waals surface area contributed by atoms with Crippen molar-refractivity contribution in [1.29, 1.82) is 0 Å². The Morgan fingerprint density at radius 3 is 2.50 bits per heavy atom. The Balaban J connectivity index is 1.71. The standard InChI is InChI=1S/C20H13ClF3N5O3/c1-32-17-9-15(16(8-14(17)21)29-19(31)26-27-28-29)25-18(30)12-3-2-11-7-13(20(22,23)24)5-4-10(11)6-12/h2-9H,1H3,(H,25,30)(H,26,28,31). The molecule has 0 atom stereocenters. The summed E-state index contributed by atoms with van der Waals surface area (Å²) in [7, 11) is 1.38. The molecule has 4 aromatic rings. The number of hydrogen-bond acceptors (Lipinski definition) is 5. The molecule has 0 saturated carbocycles. The van der Waals surface area contributed by atoms with Gasteiger partial charge in [-0.2, -0.15) is 17.9 Å². The highest BCUT2D eigenvalue weighted by Crippen LogP contribution is 2.34. The number of carbonyl (C=O) groups is 1. The van der Waals surface area contributed by atoms with E-state index < -0.39 is 23.3 Å². The van der Waals surface area contributed by atoms with Gasteiger partial charge in [0.25, 0.3) is 5.91 Å². The Labute approximate surface area is 182 Å². The van der Waals surface area contributed by atoms with Gasteiger partial charge in [0.2, 0.25) is 0 Å². The number of benzene rings is 3. The van der Waals surface area contributed by atoms with Gasteiger partial charge in [-0.1, -0.05) is 23.7 Å². The number of tetrazole rings is 1. The van der Waals surface area contributed by atoms with Crippen LogP contribution in [-0.2, 0) is 6.18 Å².